The second-order valence-corrected chi connectivity index (χ2v) is 5.69. The monoisotopic (exact) mass is 370 g/mol. The van der Waals surface area contributed by atoms with Crippen molar-refractivity contribution in [1.29, 1.82) is 0 Å². The third-order valence-corrected chi connectivity index (χ3v) is 3.44. The zero-order valence-electron chi connectivity index (χ0n) is 9.73. The van der Waals surface area contributed by atoms with Gasteiger partial charge in [0.05, 0.1) is 10.7 Å². The first kappa shape index (κ1) is 13.5. The van der Waals surface area contributed by atoms with Crippen molar-refractivity contribution in [3.63, 3.8) is 0 Å². The van der Waals surface area contributed by atoms with Crippen LogP contribution in [-0.4, -0.2) is 4.98 Å². The number of hydrogen-bond donors (Lipinski definition) is 1. The third-order valence-electron chi connectivity index (χ3n) is 2.39. The Labute approximate surface area is 123 Å². The van der Waals surface area contributed by atoms with E-state index in [0.29, 0.717) is 5.75 Å². The number of nitrogens with two attached hydrogens (primary N) is 1. The van der Waals surface area contributed by atoms with Crippen LogP contribution in [0, 0.1) is 0 Å². The minimum atomic E-state index is 0.00267. The van der Waals surface area contributed by atoms with Crippen molar-refractivity contribution >= 4 is 31.9 Å². The van der Waals surface area contributed by atoms with E-state index in [1.54, 1.807) is 12.4 Å². The standard InChI is InChI=1S/C13H12Br2N2O/c1-8(16)9-2-3-13(12(15)4-9)18-11-5-10(14)6-17-7-11/h2-8H,16H2,1H3/t8-/m1/s1. The lowest BCUT2D eigenvalue weighted by Gasteiger charge is -2.11. The molecular weight excluding hydrogens is 360 g/mol. The van der Waals surface area contributed by atoms with Gasteiger partial charge in [0.1, 0.15) is 11.5 Å². The molecule has 0 amide bonds. The van der Waals surface area contributed by atoms with Gasteiger partial charge < -0.3 is 10.5 Å². The number of halogens is 2. The molecule has 1 heterocycles. The van der Waals surface area contributed by atoms with Gasteiger partial charge >= 0.3 is 0 Å². The van der Waals surface area contributed by atoms with Crippen LogP contribution in [0.5, 0.6) is 11.5 Å². The predicted octanol–water partition coefficient (Wildman–Crippen LogP) is 4.42. The van der Waals surface area contributed by atoms with Gasteiger partial charge in [-0.05, 0) is 62.5 Å². The lowest BCUT2D eigenvalue weighted by atomic mass is 10.1. The highest BCUT2D eigenvalue weighted by Crippen LogP contribution is 2.32. The number of aromatic nitrogens is 1. The van der Waals surface area contributed by atoms with Crippen molar-refractivity contribution in [1.82, 2.24) is 4.98 Å². The van der Waals surface area contributed by atoms with Gasteiger partial charge in [0.2, 0.25) is 0 Å². The van der Waals surface area contributed by atoms with Gasteiger partial charge in [0, 0.05) is 16.7 Å². The Bertz CT molecular complexity index is 558. The molecule has 3 nitrogen and oxygen atoms in total. The first-order chi connectivity index (χ1) is 8.56. The van der Waals surface area contributed by atoms with Crippen molar-refractivity contribution < 1.29 is 4.74 Å². The summed E-state index contributed by atoms with van der Waals surface area (Å²) in [5.41, 5.74) is 6.88. The van der Waals surface area contributed by atoms with Crippen LogP contribution in [0.25, 0.3) is 0 Å². The molecule has 94 valence electrons. The van der Waals surface area contributed by atoms with Gasteiger partial charge in [-0.15, -0.1) is 0 Å². The Balaban J connectivity index is 2.24. The molecule has 0 aliphatic heterocycles. The fraction of sp³-hybridized carbons (Fsp3) is 0.154. The molecule has 0 radical (unpaired) electrons. The average Bonchev–Trinajstić information content (AvgIpc) is 2.31. The third kappa shape index (κ3) is 3.31. The van der Waals surface area contributed by atoms with Crippen molar-refractivity contribution in [2.24, 2.45) is 5.73 Å². The molecule has 0 bridgehead atoms. The Morgan fingerprint density at radius 2 is 2.00 bits per heavy atom. The molecule has 0 aliphatic rings. The molecular formula is C13H12Br2N2O. The van der Waals surface area contributed by atoms with Crippen molar-refractivity contribution in [3.05, 3.63) is 51.2 Å². The second kappa shape index (κ2) is 5.82. The summed E-state index contributed by atoms with van der Waals surface area (Å²) in [4.78, 5) is 4.05. The molecule has 0 spiro atoms. The maximum absolute atomic E-state index is 5.83. The highest BCUT2D eigenvalue weighted by Gasteiger charge is 2.07. The van der Waals surface area contributed by atoms with Crippen LogP contribution < -0.4 is 10.5 Å². The normalized spacial score (nSPS) is 12.2. The van der Waals surface area contributed by atoms with Crippen LogP contribution in [-0.2, 0) is 0 Å². The molecule has 1 aromatic heterocycles. The van der Waals surface area contributed by atoms with Crippen LogP contribution >= 0.6 is 31.9 Å². The smallest absolute Gasteiger partial charge is 0.146 e. The summed E-state index contributed by atoms with van der Waals surface area (Å²) in [6.45, 7) is 1.94. The first-order valence-electron chi connectivity index (χ1n) is 5.39. The highest BCUT2D eigenvalue weighted by molar-refractivity contribution is 9.10. The fourth-order valence-electron chi connectivity index (χ4n) is 1.46. The zero-order chi connectivity index (χ0) is 13.1. The maximum atomic E-state index is 5.83. The Morgan fingerprint density at radius 3 is 2.61 bits per heavy atom. The van der Waals surface area contributed by atoms with Gasteiger partial charge in [-0.25, -0.2) is 0 Å². The SMILES string of the molecule is C[C@@H](N)c1ccc(Oc2cncc(Br)c2)c(Br)c1. The van der Waals surface area contributed by atoms with E-state index in [1.165, 1.54) is 0 Å². The zero-order valence-corrected chi connectivity index (χ0v) is 12.9. The summed E-state index contributed by atoms with van der Waals surface area (Å²) < 4.78 is 7.50. The number of pyridine rings is 1. The average molecular weight is 372 g/mol. The number of benzene rings is 1. The largest absolute Gasteiger partial charge is 0.455 e. The van der Waals surface area contributed by atoms with E-state index in [1.807, 2.05) is 31.2 Å². The van der Waals surface area contributed by atoms with E-state index in [-0.39, 0.29) is 6.04 Å². The number of rotatable bonds is 3. The van der Waals surface area contributed by atoms with E-state index in [0.717, 1.165) is 20.3 Å². The quantitative estimate of drug-likeness (QED) is 0.868. The Kier molecular flexibility index (Phi) is 4.37. The molecule has 1 atom stereocenters. The minimum absolute atomic E-state index is 0.00267. The summed E-state index contributed by atoms with van der Waals surface area (Å²) in [7, 11) is 0. The molecule has 0 saturated carbocycles. The van der Waals surface area contributed by atoms with E-state index in [9.17, 15) is 0 Å². The molecule has 0 fully saturated rings. The van der Waals surface area contributed by atoms with Crippen LogP contribution in [0.1, 0.15) is 18.5 Å². The van der Waals surface area contributed by atoms with E-state index >= 15 is 0 Å². The van der Waals surface area contributed by atoms with Crippen LogP contribution in [0.3, 0.4) is 0 Å². The van der Waals surface area contributed by atoms with Crippen molar-refractivity contribution in [2.45, 2.75) is 13.0 Å². The fourth-order valence-corrected chi connectivity index (χ4v) is 2.28. The molecule has 5 heteroatoms. The van der Waals surface area contributed by atoms with Gasteiger partial charge in [-0.1, -0.05) is 6.07 Å². The van der Waals surface area contributed by atoms with Gasteiger partial charge in [0.15, 0.2) is 0 Å². The molecule has 0 saturated heterocycles. The predicted molar refractivity (Wildman–Crippen MR) is 78.8 cm³/mol. The molecule has 18 heavy (non-hydrogen) atoms. The van der Waals surface area contributed by atoms with E-state index < -0.39 is 0 Å². The molecule has 2 N–H and O–H groups in total. The molecule has 2 rings (SSSR count). The molecule has 0 aliphatic carbocycles. The number of ether oxygens (including phenoxy) is 1. The van der Waals surface area contributed by atoms with Crippen molar-refractivity contribution in [2.75, 3.05) is 0 Å². The van der Waals surface area contributed by atoms with Gasteiger partial charge in [-0.3, -0.25) is 4.98 Å². The van der Waals surface area contributed by atoms with Crippen molar-refractivity contribution in [3.8, 4) is 11.5 Å². The number of hydrogen-bond acceptors (Lipinski definition) is 3. The Hall–Kier alpha value is -0.910. The Morgan fingerprint density at radius 1 is 1.22 bits per heavy atom. The van der Waals surface area contributed by atoms with E-state index in [4.69, 9.17) is 10.5 Å². The molecule has 1 aromatic carbocycles. The maximum Gasteiger partial charge on any atom is 0.146 e. The lowest BCUT2D eigenvalue weighted by Crippen LogP contribution is -2.04. The summed E-state index contributed by atoms with van der Waals surface area (Å²) >= 11 is 6.83. The first-order valence-corrected chi connectivity index (χ1v) is 6.98. The second-order valence-electron chi connectivity index (χ2n) is 3.92. The van der Waals surface area contributed by atoms with Crippen LogP contribution in [0.2, 0.25) is 0 Å². The van der Waals surface area contributed by atoms with E-state index in [2.05, 4.69) is 36.8 Å². The van der Waals surface area contributed by atoms with Gasteiger partial charge in [-0.2, -0.15) is 0 Å². The number of nitrogens with zero attached hydrogens (tertiary/aromatic N) is 1. The highest BCUT2D eigenvalue weighted by atomic mass is 79.9. The minimum Gasteiger partial charge on any atom is -0.455 e. The molecule has 2 aromatic rings. The topological polar surface area (TPSA) is 48.1 Å². The van der Waals surface area contributed by atoms with Gasteiger partial charge in [0.25, 0.3) is 0 Å². The summed E-state index contributed by atoms with van der Waals surface area (Å²) in [5, 5.41) is 0. The van der Waals surface area contributed by atoms with Crippen LogP contribution in [0.15, 0.2) is 45.6 Å². The van der Waals surface area contributed by atoms with Crippen LogP contribution in [0.4, 0.5) is 0 Å². The summed E-state index contributed by atoms with van der Waals surface area (Å²) in [6, 6.07) is 7.67. The summed E-state index contributed by atoms with van der Waals surface area (Å²) in [6.07, 6.45) is 3.37. The summed E-state index contributed by atoms with van der Waals surface area (Å²) in [5.74, 6) is 1.41. The lowest BCUT2D eigenvalue weighted by molar-refractivity contribution is 0.476. The molecule has 0 unspecified atom stereocenters.